The second kappa shape index (κ2) is 5.40. The van der Waals surface area contributed by atoms with E-state index in [-0.39, 0.29) is 6.04 Å². The zero-order valence-electron chi connectivity index (χ0n) is 9.36. The van der Waals surface area contributed by atoms with Crippen molar-refractivity contribution in [1.29, 1.82) is 0 Å². The van der Waals surface area contributed by atoms with Gasteiger partial charge in [-0.25, -0.2) is 4.98 Å². The van der Waals surface area contributed by atoms with E-state index in [1.807, 2.05) is 12.3 Å². The number of thiophene rings is 1. The molecule has 0 saturated heterocycles. The van der Waals surface area contributed by atoms with Gasteiger partial charge >= 0.3 is 0 Å². The second-order valence-corrected chi connectivity index (χ2v) is 6.01. The molecule has 0 bridgehead atoms. The molecule has 0 aliphatic rings. The van der Waals surface area contributed by atoms with Crippen LogP contribution in [0.2, 0.25) is 8.67 Å². The Morgan fingerprint density at radius 3 is 2.88 bits per heavy atom. The van der Waals surface area contributed by atoms with E-state index in [9.17, 15) is 0 Å². The Bertz CT molecular complexity index is 507. The van der Waals surface area contributed by atoms with Crippen LogP contribution >= 0.6 is 34.5 Å². The van der Waals surface area contributed by atoms with Crippen LogP contribution in [0.5, 0.6) is 0 Å². The van der Waals surface area contributed by atoms with Gasteiger partial charge in [0, 0.05) is 37.0 Å². The summed E-state index contributed by atoms with van der Waals surface area (Å²) in [6.07, 6.45) is 4.39. The van der Waals surface area contributed by atoms with E-state index in [1.165, 1.54) is 11.3 Å². The lowest BCUT2D eigenvalue weighted by Crippen LogP contribution is -2.16. The fourth-order valence-corrected chi connectivity index (χ4v) is 3.33. The first kappa shape index (κ1) is 12.9. The number of aryl methyl sites for hydroxylation is 1. The van der Waals surface area contributed by atoms with E-state index >= 15 is 0 Å². The predicted octanol–water partition coefficient (Wildman–Crippen LogP) is 3.51. The molecule has 2 aromatic heterocycles. The molecule has 0 aliphatic carbocycles. The number of nitrogens with two attached hydrogens (primary N) is 1. The molecule has 2 aromatic rings. The van der Waals surface area contributed by atoms with Gasteiger partial charge in [-0.05, 0) is 13.0 Å². The molecule has 0 fully saturated rings. The molecule has 0 saturated carbocycles. The number of rotatable bonds is 4. The van der Waals surface area contributed by atoms with Gasteiger partial charge in [-0.15, -0.1) is 11.3 Å². The first-order valence-corrected chi connectivity index (χ1v) is 6.89. The van der Waals surface area contributed by atoms with Crippen LogP contribution in [-0.2, 0) is 13.0 Å². The zero-order valence-corrected chi connectivity index (χ0v) is 11.7. The third-order valence-electron chi connectivity index (χ3n) is 2.63. The minimum atomic E-state index is -0.168. The second-order valence-electron chi connectivity index (χ2n) is 3.72. The molecule has 92 valence electrons. The molecule has 0 spiro atoms. The lowest BCUT2D eigenvalue weighted by Gasteiger charge is -2.11. The van der Waals surface area contributed by atoms with E-state index in [4.69, 9.17) is 28.9 Å². The Labute approximate surface area is 114 Å². The Hall–Kier alpha value is -0.550. The maximum absolute atomic E-state index is 6.13. The van der Waals surface area contributed by atoms with E-state index in [1.54, 1.807) is 6.20 Å². The van der Waals surface area contributed by atoms with Crippen molar-refractivity contribution < 1.29 is 0 Å². The molecule has 17 heavy (non-hydrogen) atoms. The van der Waals surface area contributed by atoms with Crippen molar-refractivity contribution in [1.82, 2.24) is 9.55 Å². The normalized spacial score (nSPS) is 12.9. The fourth-order valence-electron chi connectivity index (χ4n) is 1.73. The molecule has 1 atom stereocenters. The molecule has 6 heteroatoms. The molecule has 2 heterocycles. The summed E-state index contributed by atoms with van der Waals surface area (Å²) in [5.41, 5.74) is 7.03. The van der Waals surface area contributed by atoms with Crippen molar-refractivity contribution in [2.24, 2.45) is 5.73 Å². The lowest BCUT2D eigenvalue weighted by molar-refractivity contribution is 0.629. The molecule has 0 radical (unpaired) electrons. The summed E-state index contributed by atoms with van der Waals surface area (Å²) in [6, 6.07) is 1.66. The van der Waals surface area contributed by atoms with E-state index in [0.717, 1.165) is 17.9 Å². The SMILES string of the molecule is CCn1ccnc1CC(N)c1cc(Cl)sc1Cl. The third-order valence-corrected chi connectivity index (χ3v) is 4.15. The molecule has 0 amide bonds. The molecule has 0 aromatic carbocycles. The predicted molar refractivity (Wildman–Crippen MR) is 72.9 cm³/mol. The highest BCUT2D eigenvalue weighted by atomic mass is 35.5. The van der Waals surface area contributed by atoms with Gasteiger partial charge in [0.15, 0.2) is 0 Å². The first-order valence-electron chi connectivity index (χ1n) is 5.32. The van der Waals surface area contributed by atoms with E-state index in [0.29, 0.717) is 15.1 Å². The molecule has 0 aliphatic heterocycles. The Kier molecular flexibility index (Phi) is 4.09. The van der Waals surface area contributed by atoms with Gasteiger partial charge in [-0.3, -0.25) is 0 Å². The van der Waals surface area contributed by atoms with Crippen molar-refractivity contribution in [3.63, 3.8) is 0 Å². The van der Waals surface area contributed by atoms with E-state index < -0.39 is 0 Å². The van der Waals surface area contributed by atoms with Crippen molar-refractivity contribution in [2.75, 3.05) is 0 Å². The smallest absolute Gasteiger partial charge is 0.110 e. The summed E-state index contributed by atoms with van der Waals surface area (Å²) in [5, 5.41) is 0. The van der Waals surface area contributed by atoms with Crippen molar-refractivity contribution in [2.45, 2.75) is 25.9 Å². The maximum Gasteiger partial charge on any atom is 0.110 e. The Balaban J connectivity index is 2.17. The van der Waals surface area contributed by atoms with Crippen LogP contribution < -0.4 is 5.73 Å². The minimum Gasteiger partial charge on any atom is -0.335 e. The average Bonchev–Trinajstić information content (AvgIpc) is 2.84. The first-order chi connectivity index (χ1) is 8.11. The number of hydrogen-bond donors (Lipinski definition) is 1. The Morgan fingerprint density at radius 1 is 1.53 bits per heavy atom. The largest absolute Gasteiger partial charge is 0.335 e. The molecule has 3 nitrogen and oxygen atoms in total. The summed E-state index contributed by atoms with van der Waals surface area (Å²) in [7, 11) is 0. The number of aromatic nitrogens is 2. The van der Waals surface area contributed by atoms with Crippen LogP contribution in [0.15, 0.2) is 18.5 Å². The molecule has 1 unspecified atom stereocenters. The maximum atomic E-state index is 6.13. The lowest BCUT2D eigenvalue weighted by atomic mass is 10.1. The number of imidazole rings is 1. The van der Waals surface area contributed by atoms with Gasteiger partial charge in [0.25, 0.3) is 0 Å². The van der Waals surface area contributed by atoms with E-state index in [2.05, 4.69) is 16.5 Å². The zero-order chi connectivity index (χ0) is 12.4. The van der Waals surface area contributed by atoms with Gasteiger partial charge in [-0.1, -0.05) is 23.2 Å². The third kappa shape index (κ3) is 2.83. The summed E-state index contributed by atoms with van der Waals surface area (Å²) in [5.74, 6) is 0.971. The number of halogens is 2. The monoisotopic (exact) mass is 289 g/mol. The summed E-state index contributed by atoms with van der Waals surface area (Å²) < 4.78 is 3.40. The van der Waals surface area contributed by atoms with Gasteiger partial charge in [0.1, 0.15) is 5.82 Å². The van der Waals surface area contributed by atoms with Crippen molar-refractivity contribution in [3.05, 3.63) is 38.5 Å². The van der Waals surface area contributed by atoms with Crippen molar-refractivity contribution in [3.8, 4) is 0 Å². The molecule has 2 N–H and O–H groups in total. The highest BCUT2D eigenvalue weighted by Crippen LogP contribution is 2.35. The van der Waals surface area contributed by atoms with Crippen LogP contribution in [0.4, 0.5) is 0 Å². The standard InChI is InChI=1S/C11H13Cl2N3S/c1-2-16-4-3-15-10(16)6-8(14)7-5-9(12)17-11(7)13/h3-5,8H,2,6,14H2,1H3. The highest BCUT2D eigenvalue weighted by Gasteiger charge is 2.16. The summed E-state index contributed by atoms with van der Waals surface area (Å²) in [4.78, 5) is 4.30. The summed E-state index contributed by atoms with van der Waals surface area (Å²) >= 11 is 13.3. The van der Waals surface area contributed by atoms with Crippen LogP contribution in [0.3, 0.4) is 0 Å². The van der Waals surface area contributed by atoms with Gasteiger partial charge < -0.3 is 10.3 Å². The van der Waals surface area contributed by atoms with Gasteiger partial charge in [0.05, 0.1) is 8.67 Å². The molecule has 2 rings (SSSR count). The van der Waals surface area contributed by atoms with Gasteiger partial charge in [-0.2, -0.15) is 0 Å². The van der Waals surface area contributed by atoms with Crippen molar-refractivity contribution >= 4 is 34.5 Å². The van der Waals surface area contributed by atoms with Crippen LogP contribution in [0.25, 0.3) is 0 Å². The van der Waals surface area contributed by atoms with Gasteiger partial charge in [0.2, 0.25) is 0 Å². The van der Waals surface area contributed by atoms with Crippen LogP contribution in [0.1, 0.15) is 24.4 Å². The Morgan fingerprint density at radius 2 is 2.29 bits per heavy atom. The molecular formula is C11H13Cl2N3S. The number of nitrogens with zero attached hydrogens (tertiary/aromatic N) is 2. The quantitative estimate of drug-likeness (QED) is 0.936. The number of hydrogen-bond acceptors (Lipinski definition) is 3. The highest BCUT2D eigenvalue weighted by molar-refractivity contribution is 7.20. The molecular weight excluding hydrogens is 277 g/mol. The fraction of sp³-hybridized carbons (Fsp3) is 0.364. The summed E-state index contributed by atoms with van der Waals surface area (Å²) in [6.45, 7) is 2.96. The van der Waals surface area contributed by atoms with Crippen LogP contribution in [0, 0.1) is 0 Å². The topological polar surface area (TPSA) is 43.8 Å². The minimum absolute atomic E-state index is 0.168. The van der Waals surface area contributed by atoms with Crippen LogP contribution in [-0.4, -0.2) is 9.55 Å². The average molecular weight is 290 g/mol.